The molecule has 1 aromatic heterocycles. The van der Waals surface area contributed by atoms with Crippen molar-refractivity contribution in [1.82, 2.24) is 9.55 Å². The third kappa shape index (κ3) is 2.09. The summed E-state index contributed by atoms with van der Waals surface area (Å²) in [6.07, 6.45) is 0. The maximum absolute atomic E-state index is 13.8. The molecule has 20 heavy (non-hydrogen) atoms. The first-order chi connectivity index (χ1) is 9.47. The highest BCUT2D eigenvalue weighted by Gasteiger charge is 2.13. The summed E-state index contributed by atoms with van der Waals surface area (Å²) < 4.78 is 30.1. The van der Waals surface area contributed by atoms with Gasteiger partial charge in [0.1, 0.15) is 11.3 Å². The lowest BCUT2D eigenvalue weighted by Gasteiger charge is -2.09. The zero-order valence-electron chi connectivity index (χ0n) is 10.4. The summed E-state index contributed by atoms with van der Waals surface area (Å²) in [6.45, 7) is 1.91. The van der Waals surface area contributed by atoms with Gasteiger partial charge in [-0.2, -0.15) is 0 Å². The Balaban J connectivity index is 2.45. The van der Waals surface area contributed by atoms with Crippen molar-refractivity contribution < 1.29 is 8.78 Å². The molecule has 3 rings (SSSR count). The Morgan fingerprint density at radius 3 is 2.70 bits per heavy atom. The van der Waals surface area contributed by atoms with Crippen LogP contribution >= 0.6 is 28.1 Å². The van der Waals surface area contributed by atoms with Gasteiger partial charge in [-0.05, 0) is 36.8 Å². The van der Waals surface area contributed by atoms with Gasteiger partial charge in [-0.3, -0.25) is 4.57 Å². The third-order valence-corrected chi connectivity index (χ3v) is 3.90. The average Bonchev–Trinajstić information content (AvgIpc) is 2.69. The Kier molecular flexibility index (Phi) is 3.22. The predicted octanol–water partition coefficient (Wildman–Crippen LogP) is 5.04. The second-order valence-electron chi connectivity index (χ2n) is 4.48. The van der Waals surface area contributed by atoms with Crippen LogP contribution in [-0.2, 0) is 0 Å². The van der Waals surface area contributed by atoms with Crippen molar-refractivity contribution >= 4 is 39.2 Å². The first-order valence-corrected chi connectivity index (χ1v) is 7.04. The molecule has 0 atom stereocenters. The van der Waals surface area contributed by atoms with Gasteiger partial charge in [0, 0.05) is 16.6 Å². The van der Waals surface area contributed by atoms with Crippen molar-refractivity contribution in [3.8, 4) is 5.69 Å². The summed E-state index contributed by atoms with van der Waals surface area (Å²) in [5.41, 5.74) is 2.32. The molecule has 1 heterocycles. The number of imidazole rings is 1. The maximum Gasteiger partial charge on any atom is 0.182 e. The van der Waals surface area contributed by atoms with Gasteiger partial charge in [0.15, 0.2) is 10.6 Å². The molecule has 6 heteroatoms. The van der Waals surface area contributed by atoms with Crippen molar-refractivity contribution in [3.63, 3.8) is 0 Å². The molecule has 0 saturated carbocycles. The zero-order valence-corrected chi connectivity index (χ0v) is 12.8. The minimum atomic E-state index is -0.655. The van der Waals surface area contributed by atoms with Crippen LogP contribution in [0.1, 0.15) is 5.56 Å². The van der Waals surface area contributed by atoms with Crippen molar-refractivity contribution in [2.24, 2.45) is 0 Å². The van der Waals surface area contributed by atoms with Gasteiger partial charge in [0.25, 0.3) is 0 Å². The lowest BCUT2D eigenvalue weighted by atomic mass is 10.2. The van der Waals surface area contributed by atoms with E-state index >= 15 is 0 Å². The number of H-pyrrole nitrogens is 1. The topological polar surface area (TPSA) is 20.7 Å². The van der Waals surface area contributed by atoms with E-state index in [-0.39, 0.29) is 5.52 Å². The fraction of sp³-hybridized carbons (Fsp3) is 0.0714. The average molecular weight is 355 g/mol. The number of rotatable bonds is 1. The fourth-order valence-corrected chi connectivity index (χ4v) is 2.84. The van der Waals surface area contributed by atoms with Gasteiger partial charge < -0.3 is 4.98 Å². The molecule has 0 spiro atoms. The minimum Gasteiger partial charge on any atom is -0.328 e. The Morgan fingerprint density at radius 1 is 1.20 bits per heavy atom. The van der Waals surface area contributed by atoms with Crippen LogP contribution in [0.15, 0.2) is 34.8 Å². The van der Waals surface area contributed by atoms with E-state index in [1.54, 1.807) is 4.57 Å². The molecule has 0 aliphatic heterocycles. The molecule has 0 fully saturated rings. The maximum atomic E-state index is 13.8. The Hall–Kier alpha value is -1.53. The second kappa shape index (κ2) is 4.79. The van der Waals surface area contributed by atoms with Gasteiger partial charge in [0.05, 0.1) is 11.2 Å². The fourth-order valence-electron chi connectivity index (χ4n) is 2.19. The van der Waals surface area contributed by atoms with E-state index in [1.807, 2.05) is 25.1 Å². The molecular weight excluding hydrogens is 346 g/mol. The molecule has 0 unspecified atom stereocenters. The Labute approximate surface area is 127 Å². The number of aromatic amines is 1. The number of nitrogens with one attached hydrogen (secondary N) is 1. The quantitative estimate of drug-likeness (QED) is 0.607. The van der Waals surface area contributed by atoms with Gasteiger partial charge in [-0.25, -0.2) is 8.78 Å². The molecule has 0 bridgehead atoms. The van der Waals surface area contributed by atoms with Crippen molar-refractivity contribution in [2.75, 3.05) is 0 Å². The number of fused-ring (bicyclic) bond motifs is 1. The first kappa shape index (κ1) is 13.5. The Bertz CT molecular complexity index is 883. The highest BCUT2D eigenvalue weighted by molar-refractivity contribution is 9.10. The third-order valence-electron chi connectivity index (χ3n) is 3.12. The highest BCUT2D eigenvalue weighted by Crippen LogP contribution is 2.26. The van der Waals surface area contributed by atoms with Crippen LogP contribution in [0, 0.1) is 23.3 Å². The molecule has 3 aromatic rings. The summed E-state index contributed by atoms with van der Waals surface area (Å²) in [6, 6.07) is 7.78. The minimum absolute atomic E-state index is 0.204. The van der Waals surface area contributed by atoms with Crippen LogP contribution in [0.2, 0.25) is 0 Å². The number of halogens is 3. The Morgan fingerprint density at radius 2 is 1.95 bits per heavy atom. The summed E-state index contributed by atoms with van der Waals surface area (Å²) in [4.78, 5) is 2.79. The smallest absolute Gasteiger partial charge is 0.182 e. The predicted molar refractivity (Wildman–Crippen MR) is 80.8 cm³/mol. The molecule has 2 aromatic carbocycles. The SMILES string of the molecule is Cc1ccc(Br)cc1-n1c(=S)[nH]c2c(F)cc(F)cc21. The molecule has 0 aliphatic rings. The van der Waals surface area contributed by atoms with Crippen LogP contribution in [0.3, 0.4) is 0 Å². The van der Waals surface area contributed by atoms with Crippen LogP contribution in [0.5, 0.6) is 0 Å². The molecule has 0 amide bonds. The zero-order chi connectivity index (χ0) is 14.4. The molecule has 0 saturated heterocycles. The van der Waals surface area contributed by atoms with E-state index in [1.165, 1.54) is 6.07 Å². The van der Waals surface area contributed by atoms with E-state index in [2.05, 4.69) is 20.9 Å². The number of hydrogen-bond acceptors (Lipinski definition) is 1. The second-order valence-corrected chi connectivity index (χ2v) is 5.78. The summed E-state index contributed by atoms with van der Waals surface area (Å²) in [5.74, 6) is -1.29. The molecule has 1 N–H and O–H groups in total. The summed E-state index contributed by atoms with van der Waals surface area (Å²) in [5, 5.41) is 0. The number of hydrogen-bond donors (Lipinski definition) is 1. The first-order valence-electron chi connectivity index (χ1n) is 5.83. The van der Waals surface area contributed by atoms with Crippen molar-refractivity contribution in [2.45, 2.75) is 6.92 Å². The van der Waals surface area contributed by atoms with Crippen molar-refractivity contribution in [3.05, 3.63) is 56.8 Å². The largest absolute Gasteiger partial charge is 0.328 e. The number of benzene rings is 2. The highest BCUT2D eigenvalue weighted by atomic mass is 79.9. The molecule has 0 radical (unpaired) electrons. The van der Waals surface area contributed by atoms with Gasteiger partial charge in [0.2, 0.25) is 0 Å². The summed E-state index contributed by atoms with van der Waals surface area (Å²) >= 11 is 8.64. The van der Waals surface area contributed by atoms with Gasteiger partial charge >= 0.3 is 0 Å². The summed E-state index contributed by atoms with van der Waals surface area (Å²) in [7, 11) is 0. The van der Waals surface area contributed by atoms with E-state index in [0.717, 1.165) is 21.8 Å². The molecule has 0 aliphatic carbocycles. The molecule has 2 nitrogen and oxygen atoms in total. The van der Waals surface area contributed by atoms with E-state index < -0.39 is 11.6 Å². The van der Waals surface area contributed by atoms with Gasteiger partial charge in [-0.15, -0.1) is 0 Å². The van der Waals surface area contributed by atoms with Crippen LogP contribution in [-0.4, -0.2) is 9.55 Å². The normalized spacial score (nSPS) is 11.2. The van der Waals surface area contributed by atoms with E-state index in [9.17, 15) is 8.78 Å². The van der Waals surface area contributed by atoms with Crippen LogP contribution in [0.4, 0.5) is 8.78 Å². The lowest BCUT2D eigenvalue weighted by molar-refractivity contribution is 0.590. The standard InChI is InChI=1S/C14H9BrF2N2S/c1-7-2-3-8(15)4-11(7)19-12-6-9(16)5-10(17)13(12)18-14(19)20/h2-6H,1H3,(H,18,20). The van der Waals surface area contributed by atoms with E-state index in [4.69, 9.17) is 12.2 Å². The molecular formula is C14H9BrF2N2S. The number of aromatic nitrogens is 2. The van der Waals surface area contributed by atoms with Gasteiger partial charge in [-0.1, -0.05) is 22.0 Å². The van der Waals surface area contributed by atoms with Crippen molar-refractivity contribution in [1.29, 1.82) is 0 Å². The van der Waals surface area contributed by atoms with Crippen LogP contribution < -0.4 is 0 Å². The van der Waals surface area contributed by atoms with E-state index in [0.29, 0.717) is 10.3 Å². The number of aryl methyl sites for hydroxylation is 1. The molecule has 102 valence electrons. The monoisotopic (exact) mass is 354 g/mol. The lowest BCUT2D eigenvalue weighted by Crippen LogP contribution is -1.97. The number of nitrogens with zero attached hydrogens (tertiary/aromatic N) is 1. The van der Waals surface area contributed by atoms with Crippen LogP contribution in [0.25, 0.3) is 16.7 Å².